The summed E-state index contributed by atoms with van der Waals surface area (Å²) in [5.74, 6) is 0. The van der Waals surface area contributed by atoms with Gasteiger partial charge in [0, 0.05) is 0 Å². The van der Waals surface area contributed by atoms with E-state index in [0.29, 0.717) is 0 Å². The first-order valence-corrected chi connectivity index (χ1v) is 7.89. The monoisotopic (exact) mass is 225 g/mol. The van der Waals surface area contributed by atoms with Crippen LogP contribution < -0.4 is 0 Å². The van der Waals surface area contributed by atoms with Crippen molar-refractivity contribution in [3.8, 4) is 0 Å². The van der Waals surface area contributed by atoms with Crippen LogP contribution in [0.3, 0.4) is 0 Å². The molecule has 0 bridgehead atoms. The van der Waals surface area contributed by atoms with Crippen molar-refractivity contribution in [2.24, 2.45) is 0 Å². The second kappa shape index (κ2) is 10.7. The van der Waals surface area contributed by atoms with E-state index in [-0.39, 0.29) is 26.6 Å². The molecule has 0 fully saturated rings. The van der Waals surface area contributed by atoms with Crippen molar-refractivity contribution in [1.82, 2.24) is 0 Å². The molecule has 0 aliphatic rings. The molecule has 0 aliphatic carbocycles. The maximum Gasteiger partial charge on any atom is -0.412 e. The minimum absolute atomic E-state index is 0. The van der Waals surface area contributed by atoms with Gasteiger partial charge >= 0.3 is 56.7 Å². The van der Waals surface area contributed by atoms with Crippen LogP contribution in [0.15, 0.2) is 0 Å². The third-order valence-corrected chi connectivity index (χ3v) is 6.61. The summed E-state index contributed by atoms with van der Waals surface area (Å²) in [6, 6.07) is 0. The van der Waals surface area contributed by atoms with E-state index in [0.717, 1.165) is 0 Å². The van der Waals surface area contributed by atoms with E-state index >= 15 is 0 Å². The standard InChI is InChI=1S/2C3H7.H2O.Sn.H/c2*1-3-2;;;/h2*1,3H2,2H3;1H2;;. The minimum atomic E-state index is 0. The Hall–Kier alpha value is 0.759. The first-order valence-electron chi connectivity index (χ1n) is 3.23. The fourth-order valence-corrected chi connectivity index (χ4v) is 3.71. The molecule has 8 heavy (non-hydrogen) atoms. The van der Waals surface area contributed by atoms with Crippen molar-refractivity contribution < 1.29 is 5.48 Å². The van der Waals surface area contributed by atoms with Crippen LogP contribution in [0.1, 0.15) is 26.7 Å². The Morgan fingerprint density at radius 2 is 1.38 bits per heavy atom. The largest absolute Gasteiger partial charge is 0.412 e. The third-order valence-electron chi connectivity index (χ3n) is 0.986. The van der Waals surface area contributed by atoms with Gasteiger partial charge in [-0.25, -0.2) is 0 Å². The van der Waals surface area contributed by atoms with Gasteiger partial charge in [-0.3, -0.25) is 0 Å². The van der Waals surface area contributed by atoms with E-state index in [1.54, 1.807) is 8.87 Å². The molecule has 1 radical (unpaired) electrons. The van der Waals surface area contributed by atoms with E-state index in [2.05, 4.69) is 13.8 Å². The van der Waals surface area contributed by atoms with Gasteiger partial charge in [-0.1, -0.05) is 0 Å². The van der Waals surface area contributed by atoms with E-state index in [4.69, 9.17) is 0 Å². The van der Waals surface area contributed by atoms with E-state index < -0.39 is 0 Å². The van der Waals surface area contributed by atoms with Crippen molar-refractivity contribution in [3.63, 3.8) is 0 Å². The molecule has 0 amide bonds. The summed E-state index contributed by atoms with van der Waals surface area (Å²) in [7, 11) is 0. The van der Waals surface area contributed by atoms with Crippen LogP contribution in [-0.4, -0.2) is 26.6 Å². The zero-order chi connectivity index (χ0) is 5.54. The van der Waals surface area contributed by atoms with Crippen LogP contribution in [0.2, 0.25) is 8.87 Å². The second-order valence-corrected chi connectivity index (χ2v) is 6.81. The van der Waals surface area contributed by atoms with Gasteiger partial charge in [0.1, 0.15) is 0 Å². The molecule has 0 rings (SSSR count). The average Bonchev–Trinajstić information content (AvgIpc) is 1.69. The van der Waals surface area contributed by atoms with Gasteiger partial charge in [0.05, 0.1) is 0 Å². The maximum absolute atomic E-state index is 2.29. The summed E-state index contributed by atoms with van der Waals surface area (Å²) >= 11 is 0.0336. The smallest absolute Gasteiger partial charge is 0.412 e. The van der Waals surface area contributed by atoms with Gasteiger partial charge in [0.15, 0.2) is 0 Å². The van der Waals surface area contributed by atoms with Crippen LogP contribution in [0.5, 0.6) is 0 Å². The zero-order valence-electron chi connectivity index (χ0n) is 5.91. The molecule has 0 saturated carbocycles. The van der Waals surface area contributed by atoms with Gasteiger partial charge in [0.2, 0.25) is 0 Å². The van der Waals surface area contributed by atoms with Crippen molar-refractivity contribution in [2.45, 2.75) is 35.6 Å². The first kappa shape index (κ1) is 11.5. The van der Waals surface area contributed by atoms with Crippen LogP contribution >= 0.6 is 0 Å². The quantitative estimate of drug-likeness (QED) is 0.508. The third kappa shape index (κ3) is 9.90. The molecule has 0 spiro atoms. The normalized spacial score (nSPS) is 8.25. The van der Waals surface area contributed by atoms with Crippen molar-refractivity contribution in [2.75, 3.05) is 0 Å². The fourth-order valence-electron chi connectivity index (χ4n) is 0.553. The Morgan fingerprint density at radius 1 is 1.00 bits per heavy atom. The van der Waals surface area contributed by atoms with Gasteiger partial charge in [-0.2, -0.15) is 0 Å². The fraction of sp³-hybridized carbons (Fsp3) is 1.00. The molecule has 0 aromatic heterocycles. The maximum atomic E-state index is 2.29. The second-order valence-electron chi connectivity index (χ2n) is 1.87. The molecule has 0 aliphatic heterocycles. The number of rotatable bonds is 4. The molecule has 0 aromatic carbocycles. The minimum Gasteiger partial charge on any atom is -0.412 e. The molecule has 0 saturated heterocycles. The predicted octanol–water partition coefficient (Wildman–Crippen LogP) is 1.25. The molecule has 1 nitrogen and oxygen atoms in total. The zero-order valence-corrected chi connectivity index (χ0v) is 9.20. The van der Waals surface area contributed by atoms with Crippen LogP contribution in [0, 0.1) is 0 Å². The molecule has 0 unspecified atom stereocenters. The molecule has 0 aromatic rings. The Kier molecular flexibility index (Phi) is 15.4. The Balaban J connectivity index is 0. The van der Waals surface area contributed by atoms with Crippen LogP contribution in [0.25, 0.3) is 0 Å². The Bertz CT molecular complexity index is 27.7. The van der Waals surface area contributed by atoms with Gasteiger partial charge in [-0.05, 0) is 0 Å². The van der Waals surface area contributed by atoms with E-state index in [1.807, 2.05) is 0 Å². The predicted molar refractivity (Wildman–Crippen MR) is 41.0 cm³/mol. The average molecular weight is 224 g/mol. The summed E-state index contributed by atoms with van der Waals surface area (Å²) < 4.78 is 3.23. The molecule has 0 atom stereocenters. The van der Waals surface area contributed by atoms with Crippen molar-refractivity contribution >= 4 is 21.1 Å². The molecule has 51 valence electrons. The Morgan fingerprint density at radius 3 is 1.62 bits per heavy atom. The van der Waals surface area contributed by atoms with Gasteiger partial charge in [-0.15, -0.1) is 0 Å². The molecule has 2 N–H and O–H groups in total. The summed E-state index contributed by atoms with van der Waals surface area (Å²) in [5.41, 5.74) is 0. The van der Waals surface area contributed by atoms with E-state index in [1.165, 1.54) is 12.8 Å². The summed E-state index contributed by atoms with van der Waals surface area (Å²) in [5, 5.41) is 0. The molecule has 0 heterocycles. The SMILES string of the molecule is CC[CH2][SnH][CH2]CC.O. The van der Waals surface area contributed by atoms with Crippen LogP contribution in [0.4, 0.5) is 0 Å². The summed E-state index contributed by atoms with van der Waals surface area (Å²) in [4.78, 5) is 0. The molecule has 2 heteroatoms. The first-order chi connectivity index (χ1) is 3.41. The van der Waals surface area contributed by atoms with E-state index in [9.17, 15) is 0 Å². The van der Waals surface area contributed by atoms with Gasteiger partial charge < -0.3 is 5.48 Å². The number of hydrogen-bond donors (Lipinski definition) is 0. The van der Waals surface area contributed by atoms with Crippen molar-refractivity contribution in [1.29, 1.82) is 0 Å². The van der Waals surface area contributed by atoms with Crippen molar-refractivity contribution in [3.05, 3.63) is 0 Å². The van der Waals surface area contributed by atoms with Gasteiger partial charge in [0.25, 0.3) is 0 Å². The molecular weight excluding hydrogens is 207 g/mol. The Labute approximate surface area is 62.4 Å². The summed E-state index contributed by atoms with van der Waals surface area (Å²) in [6.45, 7) is 4.59. The van der Waals surface area contributed by atoms with Crippen LogP contribution in [-0.2, 0) is 0 Å². The summed E-state index contributed by atoms with van der Waals surface area (Å²) in [6.07, 6.45) is 2.89. The molecular formula is C6H17OSn. The topological polar surface area (TPSA) is 31.5 Å². The number of hydrogen-bond acceptors (Lipinski definition) is 0.